The van der Waals surface area contributed by atoms with Gasteiger partial charge in [0.05, 0.1) is 0 Å². The predicted octanol–water partition coefficient (Wildman–Crippen LogP) is 15.6. The number of hydrogen-bond acceptors (Lipinski definition) is 2. The molecule has 2 heteroatoms. The number of fused-ring (bicyclic) bond motifs is 10. The van der Waals surface area contributed by atoms with Crippen molar-refractivity contribution < 1.29 is 8.83 Å². The van der Waals surface area contributed by atoms with Crippen molar-refractivity contribution in [3.8, 4) is 44.5 Å². The van der Waals surface area contributed by atoms with Gasteiger partial charge in [-0.15, -0.1) is 0 Å². The zero-order chi connectivity index (χ0) is 36.7. The lowest BCUT2D eigenvalue weighted by Gasteiger charge is -2.18. The van der Waals surface area contributed by atoms with Gasteiger partial charge in [0, 0.05) is 27.1 Å². The first-order chi connectivity index (χ1) is 27.8. The SMILES string of the molecule is c1ccc(-c2cccc3c2oc2ccccc23)c(-c2ccc(-c3c4ccccc4c(-c4ccc5oc6ccc7ccccc7c6c5c4)c4ccccc34)cc2)c1. The topological polar surface area (TPSA) is 26.3 Å². The van der Waals surface area contributed by atoms with Crippen LogP contribution in [-0.2, 0) is 0 Å². The highest BCUT2D eigenvalue weighted by molar-refractivity contribution is 6.24. The summed E-state index contributed by atoms with van der Waals surface area (Å²) < 4.78 is 12.9. The van der Waals surface area contributed by atoms with Crippen molar-refractivity contribution in [1.82, 2.24) is 0 Å². The molecule has 0 bridgehead atoms. The molecule has 12 aromatic rings. The molecule has 0 atom stereocenters. The Bertz CT molecular complexity index is 3470. The van der Waals surface area contributed by atoms with Crippen LogP contribution in [0.4, 0.5) is 0 Å². The van der Waals surface area contributed by atoms with Gasteiger partial charge in [-0.3, -0.25) is 0 Å². The maximum absolute atomic E-state index is 6.48. The number of hydrogen-bond donors (Lipinski definition) is 0. The van der Waals surface area contributed by atoms with E-state index in [1.54, 1.807) is 0 Å². The van der Waals surface area contributed by atoms with E-state index in [1.807, 2.05) is 12.1 Å². The number of rotatable bonds is 4. The second-order valence-electron chi connectivity index (χ2n) is 14.7. The molecule has 2 heterocycles. The van der Waals surface area contributed by atoms with Gasteiger partial charge in [0.1, 0.15) is 22.3 Å². The van der Waals surface area contributed by atoms with E-state index in [1.165, 1.54) is 65.5 Å². The lowest BCUT2D eigenvalue weighted by atomic mass is 9.85. The van der Waals surface area contributed by atoms with Crippen LogP contribution in [0.5, 0.6) is 0 Å². The molecule has 0 amide bonds. The molecule has 0 saturated carbocycles. The quantitative estimate of drug-likeness (QED) is 0.170. The van der Waals surface area contributed by atoms with Crippen molar-refractivity contribution in [3.63, 3.8) is 0 Å². The van der Waals surface area contributed by atoms with E-state index < -0.39 is 0 Å². The van der Waals surface area contributed by atoms with E-state index in [9.17, 15) is 0 Å². The second-order valence-corrected chi connectivity index (χ2v) is 14.7. The largest absolute Gasteiger partial charge is 0.456 e. The summed E-state index contributed by atoms with van der Waals surface area (Å²) in [6.45, 7) is 0. The minimum Gasteiger partial charge on any atom is -0.456 e. The van der Waals surface area contributed by atoms with Gasteiger partial charge in [0.15, 0.2) is 0 Å². The van der Waals surface area contributed by atoms with Crippen LogP contribution in [0.15, 0.2) is 203 Å². The molecular weight excluding hydrogens is 681 g/mol. The molecule has 2 aromatic heterocycles. The van der Waals surface area contributed by atoms with Crippen LogP contribution in [0.3, 0.4) is 0 Å². The first-order valence-electron chi connectivity index (χ1n) is 19.2. The molecule has 0 aliphatic heterocycles. The van der Waals surface area contributed by atoms with Crippen LogP contribution in [0, 0.1) is 0 Å². The molecule has 10 aromatic carbocycles. The first-order valence-corrected chi connectivity index (χ1v) is 19.2. The van der Waals surface area contributed by atoms with Crippen molar-refractivity contribution in [1.29, 1.82) is 0 Å². The molecular formula is C54H32O2. The van der Waals surface area contributed by atoms with Gasteiger partial charge in [-0.25, -0.2) is 0 Å². The number of benzene rings is 10. The summed E-state index contributed by atoms with van der Waals surface area (Å²) >= 11 is 0. The zero-order valence-electron chi connectivity index (χ0n) is 30.3. The monoisotopic (exact) mass is 712 g/mol. The Hall–Kier alpha value is -7.42. The molecule has 0 spiro atoms. The average molecular weight is 713 g/mol. The molecule has 12 rings (SSSR count). The fraction of sp³-hybridized carbons (Fsp3) is 0. The van der Waals surface area contributed by atoms with Gasteiger partial charge in [0.2, 0.25) is 0 Å². The standard InChI is InChI=1S/C54H32O2/c1-2-14-38-33(12-1)28-31-50-53(38)47-32-36(29-30-49(47)55-50)52-43-19-7-5-17-41(43)51(42-18-6-8-20-44(42)52)35-26-24-34(25-27-35)37-13-3-4-15-39(37)45-21-11-22-46-40-16-9-10-23-48(40)56-54(45)46/h1-32H. The highest BCUT2D eigenvalue weighted by Gasteiger charge is 2.20. The smallest absolute Gasteiger partial charge is 0.143 e. The number of furan rings is 2. The molecule has 0 aliphatic rings. The Balaban J connectivity index is 1.02. The summed E-state index contributed by atoms with van der Waals surface area (Å²) in [5.41, 5.74) is 13.1. The van der Waals surface area contributed by atoms with Crippen LogP contribution in [-0.4, -0.2) is 0 Å². The minimum atomic E-state index is 0.904. The predicted molar refractivity (Wildman–Crippen MR) is 235 cm³/mol. The minimum absolute atomic E-state index is 0.904. The maximum Gasteiger partial charge on any atom is 0.143 e. The van der Waals surface area contributed by atoms with E-state index in [0.717, 1.165) is 55.2 Å². The van der Waals surface area contributed by atoms with Crippen LogP contribution in [0.25, 0.3) is 121 Å². The van der Waals surface area contributed by atoms with E-state index in [0.29, 0.717) is 0 Å². The highest BCUT2D eigenvalue weighted by Crippen LogP contribution is 2.46. The third-order valence-corrected chi connectivity index (χ3v) is 11.7. The van der Waals surface area contributed by atoms with Gasteiger partial charge < -0.3 is 8.83 Å². The van der Waals surface area contributed by atoms with Gasteiger partial charge in [-0.2, -0.15) is 0 Å². The summed E-state index contributed by atoms with van der Waals surface area (Å²) in [7, 11) is 0. The van der Waals surface area contributed by atoms with E-state index in [4.69, 9.17) is 8.83 Å². The fourth-order valence-corrected chi connectivity index (χ4v) is 9.20. The molecule has 0 N–H and O–H groups in total. The van der Waals surface area contributed by atoms with Crippen molar-refractivity contribution in [2.24, 2.45) is 0 Å². The molecule has 56 heavy (non-hydrogen) atoms. The first kappa shape index (κ1) is 31.0. The number of para-hydroxylation sites is 2. The second kappa shape index (κ2) is 12.0. The average Bonchev–Trinajstić information content (AvgIpc) is 3.84. The van der Waals surface area contributed by atoms with Gasteiger partial charge in [-0.1, -0.05) is 170 Å². The summed E-state index contributed by atoms with van der Waals surface area (Å²) in [6, 6.07) is 69.8. The molecule has 0 unspecified atom stereocenters. The lowest BCUT2D eigenvalue weighted by Crippen LogP contribution is -1.91. The maximum atomic E-state index is 6.48. The van der Waals surface area contributed by atoms with Crippen molar-refractivity contribution in [2.45, 2.75) is 0 Å². The normalized spacial score (nSPS) is 11.9. The van der Waals surface area contributed by atoms with E-state index in [2.05, 4.69) is 182 Å². The van der Waals surface area contributed by atoms with Crippen molar-refractivity contribution in [3.05, 3.63) is 194 Å². The van der Waals surface area contributed by atoms with Gasteiger partial charge >= 0.3 is 0 Å². The summed E-state index contributed by atoms with van der Waals surface area (Å²) in [6.07, 6.45) is 0. The highest BCUT2D eigenvalue weighted by atomic mass is 16.3. The summed E-state index contributed by atoms with van der Waals surface area (Å²) in [4.78, 5) is 0. The van der Waals surface area contributed by atoms with Crippen LogP contribution in [0.1, 0.15) is 0 Å². The molecule has 0 fully saturated rings. The van der Waals surface area contributed by atoms with Crippen LogP contribution < -0.4 is 0 Å². The molecule has 260 valence electrons. The zero-order valence-corrected chi connectivity index (χ0v) is 30.3. The Kier molecular flexibility index (Phi) is 6.66. The van der Waals surface area contributed by atoms with Gasteiger partial charge in [0.25, 0.3) is 0 Å². The van der Waals surface area contributed by atoms with E-state index >= 15 is 0 Å². The third-order valence-electron chi connectivity index (χ3n) is 11.7. The molecule has 2 nitrogen and oxygen atoms in total. The summed E-state index contributed by atoms with van der Waals surface area (Å²) in [5.74, 6) is 0. The van der Waals surface area contributed by atoms with Gasteiger partial charge in [-0.05, 0) is 95.5 Å². The Labute approximate surface area is 322 Å². The van der Waals surface area contributed by atoms with Crippen LogP contribution in [0.2, 0.25) is 0 Å². The van der Waals surface area contributed by atoms with E-state index in [-0.39, 0.29) is 0 Å². The Morgan fingerprint density at radius 1 is 0.268 bits per heavy atom. The fourth-order valence-electron chi connectivity index (χ4n) is 9.20. The summed E-state index contributed by atoms with van der Waals surface area (Å²) in [5, 5.41) is 11.9. The Morgan fingerprint density at radius 3 is 1.54 bits per heavy atom. The molecule has 0 radical (unpaired) electrons. The third kappa shape index (κ3) is 4.57. The van der Waals surface area contributed by atoms with Crippen molar-refractivity contribution >= 4 is 76.2 Å². The van der Waals surface area contributed by atoms with Crippen LogP contribution >= 0.6 is 0 Å². The molecule has 0 saturated heterocycles. The molecule has 0 aliphatic carbocycles. The lowest BCUT2D eigenvalue weighted by molar-refractivity contribution is 0.669. The Morgan fingerprint density at radius 2 is 0.786 bits per heavy atom. The van der Waals surface area contributed by atoms with Crippen molar-refractivity contribution in [2.75, 3.05) is 0 Å².